The summed E-state index contributed by atoms with van der Waals surface area (Å²) in [5.74, 6) is -2.28. The molecule has 4 aliphatic rings. The zero-order chi connectivity index (χ0) is 57.3. The second-order valence-corrected chi connectivity index (χ2v) is 24.3. The monoisotopic (exact) mass is 1140 g/mol. The molecule has 0 saturated heterocycles. The van der Waals surface area contributed by atoms with Crippen LogP contribution in [0.1, 0.15) is 84.1 Å². The van der Waals surface area contributed by atoms with E-state index < -0.39 is 28.4 Å². The molecule has 3 aromatic heterocycles. The van der Waals surface area contributed by atoms with Gasteiger partial charge in [0.25, 0.3) is 0 Å². The van der Waals surface area contributed by atoms with E-state index in [-0.39, 0.29) is 29.6 Å². The van der Waals surface area contributed by atoms with Crippen molar-refractivity contribution in [2.45, 2.75) is 115 Å². The maximum Gasteiger partial charge on any atom is 0.132 e. The average Bonchev–Trinajstić information content (AvgIpc) is 3.75. The second kappa shape index (κ2) is 22.3. The third-order valence-electron chi connectivity index (χ3n) is 17.0. The van der Waals surface area contributed by atoms with Gasteiger partial charge in [0.15, 0.2) is 0 Å². The summed E-state index contributed by atoms with van der Waals surface area (Å²) >= 11 is 12.5. The first-order valence-electron chi connectivity index (χ1n) is 27.7. The van der Waals surface area contributed by atoms with Crippen molar-refractivity contribution in [1.29, 1.82) is 0 Å². The molecular weight excluding hydrogens is 1080 g/mol. The van der Waals surface area contributed by atoms with Gasteiger partial charge in [-0.15, -0.1) is 0 Å². The summed E-state index contributed by atoms with van der Waals surface area (Å²) in [6.45, 7) is 11.4. The molecule has 16 heteroatoms. The Bertz CT molecular complexity index is 3810. The zero-order valence-electron chi connectivity index (χ0n) is 46.2. The highest BCUT2D eigenvalue weighted by Crippen LogP contribution is 2.41. The Morgan fingerprint density at radius 1 is 0.457 bits per heavy atom. The minimum absolute atomic E-state index is 0.0846. The van der Waals surface area contributed by atoms with Crippen LogP contribution in [0.4, 0.5) is 22.0 Å². The number of benzene rings is 6. The topological polar surface area (TPSA) is 85.2 Å². The number of rotatable bonds is 10. The van der Waals surface area contributed by atoms with Gasteiger partial charge in [0.2, 0.25) is 0 Å². The van der Waals surface area contributed by atoms with Gasteiger partial charge in [-0.25, -0.2) is 22.0 Å². The van der Waals surface area contributed by atoms with Crippen LogP contribution >= 0.6 is 23.2 Å². The Kier molecular flexibility index (Phi) is 15.6. The molecule has 3 aliphatic heterocycles. The van der Waals surface area contributed by atoms with E-state index in [2.05, 4.69) is 54.6 Å². The zero-order valence-corrected chi connectivity index (χ0v) is 47.7. The first-order valence-corrected chi connectivity index (χ1v) is 28.4. The van der Waals surface area contributed by atoms with E-state index in [1.165, 1.54) is 77.5 Å². The lowest BCUT2D eigenvalue weighted by atomic mass is 9.95. The van der Waals surface area contributed by atoms with Crippen LogP contribution in [-0.4, -0.2) is 83.5 Å². The molecule has 3 atom stereocenters. The lowest BCUT2D eigenvalue weighted by Gasteiger charge is -2.30. The number of aromatic nitrogens is 3. The Labute approximate surface area is 478 Å². The van der Waals surface area contributed by atoms with E-state index in [0.29, 0.717) is 29.2 Å². The third kappa shape index (κ3) is 11.7. The van der Waals surface area contributed by atoms with Crippen LogP contribution in [0, 0.1) is 29.1 Å². The minimum Gasteiger partial charge on any atom is -0.384 e. The molecule has 6 aromatic carbocycles. The molecule has 0 bridgehead atoms. The lowest BCUT2D eigenvalue weighted by molar-refractivity contribution is 0.0347. The largest absolute Gasteiger partial charge is 0.384 e. The summed E-state index contributed by atoms with van der Waals surface area (Å²) in [5.41, 5.74) is 7.93. The van der Waals surface area contributed by atoms with E-state index in [0.717, 1.165) is 120 Å². The second-order valence-electron chi connectivity index (χ2n) is 23.4. The maximum atomic E-state index is 14.3. The summed E-state index contributed by atoms with van der Waals surface area (Å²) in [6, 6.07) is 32.6. The number of halogens is 7. The molecule has 3 N–H and O–H groups in total. The SMILES string of the molecule is CC(O)(Cn1c2c(c3cc(Cl)ccc31)CN(C1CC1)CC2)c1ccc(F)cc1.CN1CCc2c(c3cc(Cl)ccc3n2CC(C)(O)c2ccc(F)cc2F)C1.CN1CCc2c(c3cc(F)ccc3n2CC(C)(O)c2ccc(F)cc2)C1. The summed E-state index contributed by atoms with van der Waals surface area (Å²) in [5, 5.41) is 37.9. The number of fused-ring (bicyclic) bond motifs is 9. The first kappa shape index (κ1) is 56.8. The standard InChI is InChI=1S/C23H24ClFN2O.C21H21ClF2N2O.C21H22F2N2O/c1-23(28,15-2-5-17(25)6-3-15)14-27-21-9-4-16(24)12-19(21)20-13-26(18-7-8-18)11-10-22(20)27;1-21(27,17-5-4-14(23)10-18(17)24)12-26-19-6-3-13(22)9-15(19)16-11-25(2)8-7-20(16)26;1-21(26,14-3-5-15(22)6-4-14)13-25-19-8-7-16(23)11-17(19)18-12-24(2)10-9-20(18)25/h2-6,9,12,18,28H,7-8,10-11,13-14H2,1H3;3-6,9-10,27H,7-8,11-12H2,1-2H3;3-8,11,26H,9-10,12-13H2,1-2H3. The van der Waals surface area contributed by atoms with Crippen molar-refractivity contribution >= 4 is 55.9 Å². The van der Waals surface area contributed by atoms with Crippen molar-refractivity contribution in [1.82, 2.24) is 28.4 Å². The van der Waals surface area contributed by atoms with Crippen molar-refractivity contribution in [2.24, 2.45) is 0 Å². The fourth-order valence-electron chi connectivity index (χ4n) is 12.6. The molecule has 6 heterocycles. The number of nitrogens with zero attached hydrogens (tertiary/aromatic N) is 6. The number of hydrogen-bond acceptors (Lipinski definition) is 6. The Morgan fingerprint density at radius 3 is 1.30 bits per heavy atom. The van der Waals surface area contributed by atoms with Crippen molar-refractivity contribution in [3.8, 4) is 0 Å². The van der Waals surface area contributed by atoms with Crippen molar-refractivity contribution in [2.75, 3.05) is 33.7 Å². The molecule has 3 unspecified atom stereocenters. The highest BCUT2D eigenvalue weighted by Gasteiger charge is 2.36. The van der Waals surface area contributed by atoms with E-state index in [1.54, 1.807) is 57.2 Å². The fraction of sp³-hybridized carbons (Fsp3) is 0.354. The smallest absolute Gasteiger partial charge is 0.132 e. The van der Waals surface area contributed by atoms with Crippen LogP contribution < -0.4 is 0 Å². The van der Waals surface area contributed by atoms with Gasteiger partial charge in [-0.05, 0) is 160 Å². The van der Waals surface area contributed by atoms with E-state index in [4.69, 9.17) is 23.2 Å². The van der Waals surface area contributed by atoms with Crippen LogP contribution in [0.3, 0.4) is 0 Å². The predicted molar refractivity (Wildman–Crippen MR) is 311 cm³/mol. The minimum atomic E-state index is -1.49. The molecule has 81 heavy (non-hydrogen) atoms. The van der Waals surface area contributed by atoms with Crippen LogP contribution in [-0.2, 0) is 75.3 Å². The Morgan fingerprint density at radius 2 is 0.840 bits per heavy atom. The van der Waals surface area contributed by atoms with Gasteiger partial charge in [-0.1, -0.05) is 53.5 Å². The van der Waals surface area contributed by atoms with Crippen LogP contribution in [0.25, 0.3) is 32.7 Å². The van der Waals surface area contributed by atoms with Gasteiger partial charge in [-0.3, -0.25) is 4.90 Å². The van der Waals surface area contributed by atoms with Crippen LogP contribution in [0.2, 0.25) is 10.0 Å². The van der Waals surface area contributed by atoms with E-state index in [1.807, 2.05) is 24.3 Å². The van der Waals surface area contributed by atoms with E-state index in [9.17, 15) is 37.3 Å². The molecule has 1 saturated carbocycles. The maximum absolute atomic E-state index is 14.3. The van der Waals surface area contributed by atoms with Crippen molar-refractivity contribution in [3.05, 3.63) is 211 Å². The molecule has 1 aliphatic carbocycles. The molecule has 13 rings (SSSR count). The number of hydrogen-bond donors (Lipinski definition) is 3. The van der Waals surface area contributed by atoms with Gasteiger partial charge < -0.3 is 38.8 Å². The Balaban J connectivity index is 0.000000128. The van der Waals surface area contributed by atoms with Gasteiger partial charge >= 0.3 is 0 Å². The highest BCUT2D eigenvalue weighted by molar-refractivity contribution is 6.31. The summed E-state index contributed by atoms with van der Waals surface area (Å²) in [4.78, 5) is 7.03. The van der Waals surface area contributed by atoms with Crippen LogP contribution in [0.5, 0.6) is 0 Å². The normalized spacial score (nSPS) is 18.0. The third-order valence-corrected chi connectivity index (χ3v) is 17.4. The van der Waals surface area contributed by atoms with Crippen molar-refractivity contribution < 1.29 is 37.3 Å². The molecule has 0 amide bonds. The van der Waals surface area contributed by atoms with Crippen LogP contribution in [0.15, 0.2) is 121 Å². The molecule has 424 valence electrons. The van der Waals surface area contributed by atoms with Gasteiger partial charge in [0, 0.05) is 136 Å². The molecule has 1 fully saturated rings. The highest BCUT2D eigenvalue weighted by atomic mass is 35.5. The molecule has 9 aromatic rings. The quantitative estimate of drug-likeness (QED) is 0.118. The average molecular weight is 1150 g/mol. The molecule has 9 nitrogen and oxygen atoms in total. The van der Waals surface area contributed by atoms with Crippen molar-refractivity contribution in [3.63, 3.8) is 0 Å². The summed E-state index contributed by atoms with van der Waals surface area (Å²) in [7, 11) is 4.13. The fourth-order valence-corrected chi connectivity index (χ4v) is 12.9. The lowest BCUT2D eigenvalue weighted by Crippen LogP contribution is -2.34. The first-order chi connectivity index (χ1) is 38.5. The van der Waals surface area contributed by atoms with Gasteiger partial charge in [0.05, 0.1) is 19.6 Å². The summed E-state index contributed by atoms with van der Waals surface area (Å²) < 4.78 is 74.4. The number of aliphatic hydroxyl groups is 3. The van der Waals surface area contributed by atoms with E-state index >= 15 is 0 Å². The predicted octanol–water partition coefficient (Wildman–Crippen LogP) is 13.1. The molecular formula is C65H67Cl2F5N6O3. The van der Waals surface area contributed by atoms with Gasteiger partial charge in [0.1, 0.15) is 45.9 Å². The Hall–Kier alpha value is -6.07. The number of likely N-dealkylation sites (N-methyl/N-ethyl adjacent to an activating group) is 2. The molecule has 0 radical (unpaired) electrons. The summed E-state index contributed by atoms with van der Waals surface area (Å²) in [6.07, 6.45) is 5.25. The molecule has 0 spiro atoms. The van der Waals surface area contributed by atoms with Gasteiger partial charge in [-0.2, -0.15) is 0 Å².